The predicted octanol–water partition coefficient (Wildman–Crippen LogP) is 4.22. The fourth-order valence-corrected chi connectivity index (χ4v) is 5.85. The number of rotatable bonds is 6. The maximum absolute atomic E-state index is 12.6. The van der Waals surface area contributed by atoms with Gasteiger partial charge in [-0.25, -0.2) is 22.7 Å². The van der Waals surface area contributed by atoms with E-state index in [1.54, 1.807) is 12.1 Å². The Bertz CT molecular complexity index is 1280. The van der Waals surface area contributed by atoms with E-state index in [4.69, 9.17) is 23.2 Å². The van der Waals surface area contributed by atoms with Crippen LogP contribution in [0.4, 0.5) is 9.59 Å². The largest absolute Gasteiger partial charge is 0.337 e. The van der Waals surface area contributed by atoms with Gasteiger partial charge in [0.05, 0.1) is 11.4 Å². The average molecular weight is 553 g/mol. The van der Waals surface area contributed by atoms with E-state index in [9.17, 15) is 22.8 Å². The van der Waals surface area contributed by atoms with Crippen LogP contribution in [0.15, 0.2) is 41.3 Å². The molecule has 9 nitrogen and oxygen atoms in total. The minimum absolute atomic E-state index is 0.00802. The number of carbonyl (C=O) groups excluding carboxylic acids is 3. The minimum atomic E-state index is -4.01. The summed E-state index contributed by atoms with van der Waals surface area (Å²) < 4.78 is 27.1. The standard InChI is InChI=1S/C24H26Cl2N4O5S/c25-16-12-19-20(21(26)13-16)14-30(22(19)31)24(33)27-11-10-15-6-8-18(9-7-15)36(34,35)29-23(32)28-17-4-2-1-3-5-17/h6-9,12-13,17H,1-5,10-11,14H2,(H,27,33)(H2,28,29,32). The maximum atomic E-state index is 12.6. The Balaban J connectivity index is 1.27. The van der Waals surface area contributed by atoms with E-state index in [0.717, 1.165) is 42.6 Å². The lowest BCUT2D eigenvalue weighted by atomic mass is 9.96. The Labute approximate surface area is 219 Å². The molecule has 0 radical (unpaired) electrons. The highest BCUT2D eigenvalue weighted by atomic mass is 35.5. The van der Waals surface area contributed by atoms with Crippen molar-refractivity contribution in [3.63, 3.8) is 0 Å². The van der Waals surface area contributed by atoms with Gasteiger partial charge < -0.3 is 10.6 Å². The molecule has 1 fully saturated rings. The van der Waals surface area contributed by atoms with Crippen molar-refractivity contribution in [1.82, 2.24) is 20.3 Å². The Hall–Kier alpha value is -2.82. The van der Waals surface area contributed by atoms with Crippen LogP contribution >= 0.6 is 23.2 Å². The number of amides is 5. The number of carbonyl (C=O) groups is 3. The molecule has 4 rings (SSSR count). The molecule has 3 N–H and O–H groups in total. The third-order valence-electron chi connectivity index (χ3n) is 6.29. The zero-order valence-corrected chi connectivity index (χ0v) is 21.7. The molecule has 1 heterocycles. The van der Waals surface area contributed by atoms with Crippen molar-refractivity contribution in [2.24, 2.45) is 0 Å². The molecule has 2 aromatic carbocycles. The highest BCUT2D eigenvalue weighted by Gasteiger charge is 2.33. The van der Waals surface area contributed by atoms with E-state index in [1.807, 2.05) is 0 Å². The van der Waals surface area contributed by atoms with Crippen LogP contribution < -0.4 is 15.4 Å². The third kappa shape index (κ3) is 6.11. The number of sulfonamides is 1. The second-order valence-electron chi connectivity index (χ2n) is 8.84. The summed E-state index contributed by atoms with van der Waals surface area (Å²) in [6.07, 6.45) is 5.27. The molecule has 12 heteroatoms. The molecule has 0 atom stereocenters. The van der Waals surface area contributed by atoms with Gasteiger partial charge in [0, 0.05) is 33.8 Å². The first-order valence-corrected chi connectivity index (χ1v) is 13.9. The lowest BCUT2D eigenvalue weighted by molar-refractivity contribution is 0.0821. The predicted molar refractivity (Wildman–Crippen MR) is 136 cm³/mol. The first-order chi connectivity index (χ1) is 17.1. The molecule has 192 valence electrons. The highest BCUT2D eigenvalue weighted by Crippen LogP contribution is 2.32. The Morgan fingerprint density at radius 1 is 1.03 bits per heavy atom. The first kappa shape index (κ1) is 26.2. The van der Waals surface area contributed by atoms with Gasteiger partial charge in [0.15, 0.2) is 0 Å². The molecule has 36 heavy (non-hydrogen) atoms. The van der Waals surface area contributed by atoms with Crippen molar-refractivity contribution < 1.29 is 22.8 Å². The van der Waals surface area contributed by atoms with Gasteiger partial charge in [0.25, 0.3) is 15.9 Å². The van der Waals surface area contributed by atoms with Gasteiger partial charge in [-0.15, -0.1) is 0 Å². The number of imide groups is 1. The summed E-state index contributed by atoms with van der Waals surface area (Å²) >= 11 is 12.1. The quantitative estimate of drug-likeness (QED) is 0.494. The number of nitrogens with zero attached hydrogens (tertiary/aromatic N) is 1. The van der Waals surface area contributed by atoms with E-state index < -0.39 is 28.0 Å². The summed E-state index contributed by atoms with van der Waals surface area (Å²) in [6.45, 7) is 0.283. The zero-order chi connectivity index (χ0) is 25.9. The second kappa shape index (κ2) is 11.1. The number of nitrogens with one attached hydrogen (secondary N) is 3. The molecule has 2 aromatic rings. The second-order valence-corrected chi connectivity index (χ2v) is 11.4. The normalized spacial score (nSPS) is 15.9. The topological polar surface area (TPSA) is 125 Å². The minimum Gasteiger partial charge on any atom is -0.337 e. The number of urea groups is 2. The molecule has 0 spiro atoms. The number of benzene rings is 2. The fourth-order valence-electron chi connectivity index (χ4n) is 4.38. The summed E-state index contributed by atoms with van der Waals surface area (Å²) in [5.41, 5.74) is 1.63. The molecule has 1 aliphatic carbocycles. The summed E-state index contributed by atoms with van der Waals surface area (Å²) in [6, 6.07) is 7.75. The molecule has 0 unspecified atom stereocenters. The van der Waals surface area contributed by atoms with Gasteiger partial charge in [0.1, 0.15) is 0 Å². The van der Waals surface area contributed by atoms with Crippen molar-refractivity contribution in [2.75, 3.05) is 6.54 Å². The molecule has 5 amide bonds. The molecule has 2 aliphatic rings. The smallest absolute Gasteiger partial charge is 0.328 e. The zero-order valence-electron chi connectivity index (χ0n) is 19.4. The highest BCUT2D eigenvalue weighted by molar-refractivity contribution is 7.90. The molecule has 0 aromatic heterocycles. The molecule has 1 saturated carbocycles. The lowest BCUT2D eigenvalue weighted by Crippen LogP contribution is -2.45. The Morgan fingerprint density at radius 3 is 2.42 bits per heavy atom. The molecule has 0 bridgehead atoms. The number of fused-ring (bicyclic) bond motifs is 1. The van der Waals surface area contributed by atoms with Gasteiger partial charge in [0.2, 0.25) is 0 Å². The fraction of sp³-hybridized carbons (Fsp3) is 0.375. The Morgan fingerprint density at radius 2 is 1.72 bits per heavy atom. The van der Waals surface area contributed by atoms with Crippen LogP contribution in [0.2, 0.25) is 10.0 Å². The van der Waals surface area contributed by atoms with Crippen LogP contribution in [0, 0.1) is 0 Å². The molecule has 1 aliphatic heterocycles. The van der Waals surface area contributed by atoms with Gasteiger partial charge in [-0.1, -0.05) is 54.6 Å². The van der Waals surface area contributed by atoms with Crippen LogP contribution in [0.3, 0.4) is 0 Å². The van der Waals surface area contributed by atoms with E-state index in [2.05, 4.69) is 15.4 Å². The van der Waals surface area contributed by atoms with E-state index >= 15 is 0 Å². The van der Waals surface area contributed by atoms with Crippen molar-refractivity contribution >= 4 is 51.2 Å². The third-order valence-corrected chi connectivity index (χ3v) is 8.19. The van der Waals surface area contributed by atoms with Gasteiger partial charge in [-0.2, -0.15) is 0 Å². The summed E-state index contributed by atoms with van der Waals surface area (Å²) in [5, 5.41) is 6.06. The first-order valence-electron chi connectivity index (χ1n) is 11.6. The summed E-state index contributed by atoms with van der Waals surface area (Å²) in [4.78, 5) is 38.2. The van der Waals surface area contributed by atoms with Crippen LogP contribution in [0.1, 0.15) is 53.6 Å². The molecular weight excluding hydrogens is 527 g/mol. The van der Waals surface area contributed by atoms with Gasteiger partial charge in [-0.05, 0) is 49.1 Å². The SMILES string of the molecule is O=C(NC1CCCCC1)NS(=O)(=O)c1ccc(CCNC(=O)N2Cc3c(Cl)cc(Cl)cc3C2=O)cc1. The maximum Gasteiger partial charge on any atom is 0.328 e. The van der Waals surface area contributed by atoms with Crippen molar-refractivity contribution in [2.45, 2.75) is 56.0 Å². The van der Waals surface area contributed by atoms with E-state index in [-0.39, 0.29) is 24.0 Å². The molecule has 0 saturated heterocycles. The van der Waals surface area contributed by atoms with E-state index in [0.29, 0.717) is 27.6 Å². The van der Waals surface area contributed by atoms with E-state index in [1.165, 1.54) is 24.3 Å². The summed E-state index contributed by atoms with van der Waals surface area (Å²) in [5.74, 6) is -0.471. The van der Waals surface area contributed by atoms with Crippen LogP contribution in [0.25, 0.3) is 0 Å². The molecular formula is C24H26Cl2N4O5S. The van der Waals surface area contributed by atoms with Gasteiger partial charge >= 0.3 is 12.1 Å². The van der Waals surface area contributed by atoms with Crippen LogP contribution in [-0.4, -0.2) is 43.9 Å². The average Bonchev–Trinajstić information content (AvgIpc) is 3.16. The number of hydrogen-bond donors (Lipinski definition) is 3. The number of hydrogen-bond acceptors (Lipinski definition) is 5. The number of halogens is 2. The Kier molecular flexibility index (Phi) is 8.07. The van der Waals surface area contributed by atoms with Crippen molar-refractivity contribution in [3.05, 3.63) is 63.1 Å². The lowest BCUT2D eigenvalue weighted by Gasteiger charge is -2.22. The van der Waals surface area contributed by atoms with Crippen molar-refractivity contribution in [3.8, 4) is 0 Å². The van der Waals surface area contributed by atoms with Crippen LogP contribution in [0.5, 0.6) is 0 Å². The monoisotopic (exact) mass is 552 g/mol. The van der Waals surface area contributed by atoms with Crippen molar-refractivity contribution in [1.29, 1.82) is 0 Å². The van der Waals surface area contributed by atoms with Gasteiger partial charge in [-0.3, -0.25) is 9.69 Å². The van der Waals surface area contributed by atoms with Crippen LogP contribution in [-0.2, 0) is 23.0 Å². The summed E-state index contributed by atoms with van der Waals surface area (Å²) in [7, 11) is -4.01.